The van der Waals surface area contributed by atoms with Crippen molar-refractivity contribution in [3.8, 4) is 0 Å². The molecule has 17 heavy (non-hydrogen) atoms. The van der Waals surface area contributed by atoms with Gasteiger partial charge in [0.25, 0.3) is 5.91 Å². The van der Waals surface area contributed by atoms with Gasteiger partial charge in [-0.2, -0.15) is 0 Å². The van der Waals surface area contributed by atoms with Crippen LogP contribution in [0.15, 0.2) is 6.07 Å². The van der Waals surface area contributed by atoms with Crippen molar-refractivity contribution < 1.29 is 4.79 Å². The van der Waals surface area contributed by atoms with Gasteiger partial charge in [-0.1, -0.05) is 6.92 Å². The van der Waals surface area contributed by atoms with E-state index in [4.69, 9.17) is 0 Å². The molecule has 0 saturated carbocycles. The Labute approximate surface area is 107 Å². The Bertz CT molecular complexity index is 394. The zero-order chi connectivity index (χ0) is 12.4. The van der Waals surface area contributed by atoms with Gasteiger partial charge >= 0.3 is 0 Å². The number of hydrogen-bond donors (Lipinski definition) is 2. The molecule has 0 bridgehead atoms. The molecule has 3 nitrogen and oxygen atoms in total. The average molecular weight is 252 g/mol. The SMILES string of the molecule is Cc1cc(C(=O)NC2CNCCC2C)sc1C. The molecule has 2 atom stereocenters. The number of carbonyl (C=O) groups is 1. The Balaban J connectivity index is 2.01. The first-order chi connectivity index (χ1) is 8.08. The predicted molar refractivity (Wildman–Crippen MR) is 71.7 cm³/mol. The highest BCUT2D eigenvalue weighted by Crippen LogP contribution is 2.21. The molecule has 0 aromatic carbocycles. The van der Waals surface area contributed by atoms with E-state index in [1.54, 1.807) is 11.3 Å². The van der Waals surface area contributed by atoms with E-state index in [1.165, 1.54) is 10.4 Å². The highest BCUT2D eigenvalue weighted by Gasteiger charge is 2.23. The molecular weight excluding hydrogens is 232 g/mol. The summed E-state index contributed by atoms with van der Waals surface area (Å²) < 4.78 is 0. The summed E-state index contributed by atoms with van der Waals surface area (Å²) in [5.41, 5.74) is 1.20. The van der Waals surface area contributed by atoms with Crippen LogP contribution < -0.4 is 10.6 Å². The highest BCUT2D eigenvalue weighted by atomic mass is 32.1. The fourth-order valence-electron chi connectivity index (χ4n) is 2.11. The maximum absolute atomic E-state index is 12.1. The van der Waals surface area contributed by atoms with Gasteiger partial charge in [0.15, 0.2) is 0 Å². The third-order valence-electron chi connectivity index (χ3n) is 3.53. The number of hydrogen-bond acceptors (Lipinski definition) is 3. The summed E-state index contributed by atoms with van der Waals surface area (Å²) in [6.45, 7) is 8.26. The van der Waals surface area contributed by atoms with Gasteiger partial charge in [0.1, 0.15) is 0 Å². The van der Waals surface area contributed by atoms with Crippen molar-refractivity contribution >= 4 is 17.2 Å². The van der Waals surface area contributed by atoms with Crippen LogP contribution in [0.3, 0.4) is 0 Å². The number of aryl methyl sites for hydroxylation is 2. The molecule has 2 N–H and O–H groups in total. The smallest absolute Gasteiger partial charge is 0.261 e. The minimum absolute atomic E-state index is 0.0757. The van der Waals surface area contributed by atoms with E-state index in [1.807, 2.05) is 13.0 Å². The molecule has 1 amide bonds. The van der Waals surface area contributed by atoms with E-state index in [-0.39, 0.29) is 11.9 Å². The molecule has 0 radical (unpaired) electrons. The second kappa shape index (κ2) is 5.19. The first kappa shape index (κ1) is 12.6. The zero-order valence-corrected chi connectivity index (χ0v) is 11.5. The Morgan fingerprint density at radius 2 is 2.29 bits per heavy atom. The van der Waals surface area contributed by atoms with Crippen molar-refractivity contribution in [1.29, 1.82) is 0 Å². The standard InChI is InChI=1S/C13H20N2OS/c1-8-4-5-14-7-11(8)15-13(16)12-6-9(2)10(3)17-12/h6,8,11,14H,4-5,7H2,1-3H3,(H,15,16). The Kier molecular flexibility index (Phi) is 3.84. The van der Waals surface area contributed by atoms with Gasteiger partial charge in [-0.3, -0.25) is 4.79 Å². The topological polar surface area (TPSA) is 41.1 Å². The second-order valence-corrected chi connectivity index (χ2v) is 6.16. The predicted octanol–water partition coefficient (Wildman–Crippen LogP) is 2.09. The van der Waals surface area contributed by atoms with E-state index in [0.29, 0.717) is 5.92 Å². The first-order valence-corrected chi connectivity index (χ1v) is 6.98. The number of piperidine rings is 1. The van der Waals surface area contributed by atoms with Crippen molar-refractivity contribution in [3.05, 3.63) is 21.4 Å². The molecule has 94 valence electrons. The molecule has 0 aliphatic carbocycles. The molecule has 4 heteroatoms. The third-order valence-corrected chi connectivity index (χ3v) is 4.69. The zero-order valence-electron chi connectivity index (χ0n) is 10.7. The van der Waals surface area contributed by atoms with Crippen LogP contribution in [0.1, 0.15) is 33.5 Å². The second-order valence-electron chi connectivity index (χ2n) is 4.90. The molecule has 1 aliphatic rings. The molecule has 1 aliphatic heterocycles. The van der Waals surface area contributed by atoms with Crippen molar-refractivity contribution in [2.45, 2.75) is 33.2 Å². The quantitative estimate of drug-likeness (QED) is 0.846. The van der Waals surface area contributed by atoms with E-state index >= 15 is 0 Å². The van der Waals surface area contributed by atoms with Crippen LogP contribution in [-0.4, -0.2) is 25.0 Å². The van der Waals surface area contributed by atoms with Crippen LogP contribution in [0.2, 0.25) is 0 Å². The summed E-state index contributed by atoms with van der Waals surface area (Å²) in [7, 11) is 0. The lowest BCUT2D eigenvalue weighted by molar-refractivity contribution is 0.0919. The highest BCUT2D eigenvalue weighted by molar-refractivity contribution is 7.14. The minimum Gasteiger partial charge on any atom is -0.347 e. The summed E-state index contributed by atoms with van der Waals surface area (Å²) in [6.07, 6.45) is 1.13. The van der Waals surface area contributed by atoms with Crippen molar-refractivity contribution in [2.75, 3.05) is 13.1 Å². The molecule has 0 spiro atoms. The van der Waals surface area contributed by atoms with E-state index < -0.39 is 0 Å². The molecule has 2 rings (SSSR count). The molecule has 1 aromatic rings. The molecule has 1 saturated heterocycles. The van der Waals surface area contributed by atoms with Gasteiger partial charge in [0.2, 0.25) is 0 Å². The summed E-state index contributed by atoms with van der Waals surface area (Å²) in [5, 5.41) is 6.46. The van der Waals surface area contributed by atoms with Gasteiger partial charge < -0.3 is 10.6 Å². The van der Waals surface area contributed by atoms with Gasteiger partial charge in [-0.05, 0) is 44.4 Å². The lowest BCUT2D eigenvalue weighted by Gasteiger charge is -2.30. The van der Waals surface area contributed by atoms with Crippen LogP contribution in [0, 0.1) is 19.8 Å². The van der Waals surface area contributed by atoms with E-state index in [9.17, 15) is 4.79 Å². The molecule has 2 heterocycles. The average Bonchev–Trinajstić information content (AvgIpc) is 2.63. The van der Waals surface area contributed by atoms with Crippen LogP contribution in [-0.2, 0) is 0 Å². The minimum atomic E-state index is 0.0757. The Morgan fingerprint density at radius 3 is 2.88 bits per heavy atom. The molecular formula is C13H20N2OS. The Hall–Kier alpha value is -0.870. The van der Waals surface area contributed by atoms with Crippen LogP contribution in [0.5, 0.6) is 0 Å². The fourth-order valence-corrected chi connectivity index (χ4v) is 3.04. The van der Waals surface area contributed by atoms with Crippen LogP contribution in [0.4, 0.5) is 0 Å². The summed E-state index contributed by atoms with van der Waals surface area (Å²) in [4.78, 5) is 14.2. The number of amides is 1. The van der Waals surface area contributed by atoms with E-state index in [2.05, 4.69) is 24.5 Å². The number of rotatable bonds is 2. The van der Waals surface area contributed by atoms with E-state index in [0.717, 1.165) is 24.4 Å². The van der Waals surface area contributed by atoms with Gasteiger partial charge in [0.05, 0.1) is 4.88 Å². The Morgan fingerprint density at radius 1 is 1.53 bits per heavy atom. The van der Waals surface area contributed by atoms with Gasteiger partial charge in [-0.25, -0.2) is 0 Å². The third kappa shape index (κ3) is 2.87. The van der Waals surface area contributed by atoms with Gasteiger partial charge in [-0.15, -0.1) is 11.3 Å². The lowest BCUT2D eigenvalue weighted by Crippen LogP contribution is -2.50. The molecule has 2 unspecified atom stereocenters. The fraction of sp³-hybridized carbons (Fsp3) is 0.615. The lowest BCUT2D eigenvalue weighted by atomic mass is 9.95. The van der Waals surface area contributed by atoms with Crippen LogP contribution >= 0.6 is 11.3 Å². The van der Waals surface area contributed by atoms with Crippen molar-refractivity contribution in [2.24, 2.45) is 5.92 Å². The molecule has 1 aromatic heterocycles. The summed E-state index contributed by atoms with van der Waals surface area (Å²) in [5.74, 6) is 0.633. The van der Waals surface area contributed by atoms with Crippen molar-refractivity contribution in [1.82, 2.24) is 10.6 Å². The normalized spacial score (nSPS) is 24.6. The largest absolute Gasteiger partial charge is 0.347 e. The maximum atomic E-state index is 12.1. The van der Waals surface area contributed by atoms with Crippen LogP contribution in [0.25, 0.3) is 0 Å². The maximum Gasteiger partial charge on any atom is 0.261 e. The first-order valence-electron chi connectivity index (χ1n) is 6.16. The summed E-state index contributed by atoms with van der Waals surface area (Å²) in [6, 6.07) is 2.25. The monoisotopic (exact) mass is 252 g/mol. The molecule has 1 fully saturated rings. The summed E-state index contributed by atoms with van der Waals surface area (Å²) >= 11 is 1.58. The van der Waals surface area contributed by atoms with Crippen molar-refractivity contribution in [3.63, 3.8) is 0 Å². The number of nitrogens with one attached hydrogen (secondary N) is 2. The number of carbonyl (C=O) groups excluding carboxylic acids is 1. The van der Waals surface area contributed by atoms with Gasteiger partial charge in [0, 0.05) is 17.5 Å². The number of thiophene rings is 1.